The van der Waals surface area contributed by atoms with Gasteiger partial charge in [-0.1, -0.05) is 17.7 Å². The molecule has 120 valence electrons. The minimum absolute atomic E-state index is 0.0386. The summed E-state index contributed by atoms with van der Waals surface area (Å²) in [5.74, 6) is -2.59. The standard InChI is InChI=1S/C15H12F3N3O2/c1-8-4-3-5-10(6-8)12(22)21-14(15(16,17)18)11(7-19)9(2)20-13(14)23/h3-6H,1-2H3,(H,20,23)(H,21,22)/t14-/m1/s1. The van der Waals surface area contributed by atoms with Crippen molar-refractivity contribution in [2.75, 3.05) is 0 Å². The van der Waals surface area contributed by atoms with Crippen molar-refractivity contribution in [1.29, 1.82) is 5.26 Å². The lowest BCUT2D eigenvalue weighted by molar-refractivity contribution is -0.184. The van der Waals surface area contributed by atoms with Gasteiger partial charge in [0.1, 0.15) is 0 Å². The van der Waals surface area contributed by atoms with Crippen LogP contribution in [-0.4, -0.2) is 23.5 Å². The Kier molecular flexibility index (Phi) is 3.90. The van der Waals surface area contributed by atoms with E-state index in [1.54, 1.807) is 18.3 Å². The van der Waals surface area contributed by atoms with E-state index in [0.29, 0.717) is 5.56 Å². The van der Waals surface area contributed by atoms with Crippen molar-refractivity contribution < 1.29 is 22.8 Å². The van der Waals surface area contributed by atoms with Crippen LogP contribution in [0.1, 0.15) is 22.8 Å². The zero-order chi connectivity index (χ0) is 17.4. The van der Waals surface area contributed by atoms with Gasteiger partial charge in [0.25, 0.3) is 17.4 Å². The van der Waals surface area contributed by atoms with Crippen molar-refractivity contribution in [3.8, 4) is 6.07 Å². The molecule has 2 amide bonds. The zero-order valence-corrected chi connectivity index (χ0v) is 12.2. The Hall–Kier alpha value is -2.82. The van der Waals surface area contributed by atoms with E-state index >= 15 is 0 Å². The van der Waals surface area contributed by atoms with Crippen molar-refractivity contribution in [2.45, 2.75) is 25.6 Å². The van der Waals surface area contributed by atoms with Gasteiger partial charge in [-0.05, 0) is 26.0 Å². The van der Waals surface area contributed by atoms with Crippen LogP contribution >= 0.6 is 0 Å². The molecule has 0 aliphatic carbocycles. The van der Waals surface area contributed by atoms with E-state index < -0.39 is 29.1 Å². The predicted octanol–water partition coefficient (Wildman–Crippen LogP) is 1.95. The van der Waals surface area contributed by atoms with Gasteiger partial charge in [-0.2, -0.15) is 18.4 Å². The normalized spacial score (nSPS) is 21.0. The van der Waals surface area contributed by atoms with Crippen molar-refractivity contribution in [3.63, 3.8) is 0 Å². The average Bonchev–Trinajstić information content (AvgIpc) is 2.69. The van der Waals surface area contributed by atoms with Gasteiger partial charge < -0.3 is 10.6 Å². The number of rotatable bonds is 2. The fourth-order valence-electron chi connectivity index (χ4n) is 2.38. The van der Waals surface area contributed by atoms with E-state index in [4.69, 9.17) is 5.26 Å². The highest BCUT2D eigenvalue weighted by molar-refractivity contribution is 6.04. The van der Waals surface area contributed by atoms with E-state index in [2.05, 4.69) is 0 Å². The second-order valence-electron chi connectivity index (χ2n) is 5.14. The number of nitrogens with one attached hydrogen (secondary N) is 2. The first-order chi connectivity index (χ1) is 10.6. The van der Waals surface area contributed by atoms with Crippen molar-refractivity contribution in [1.82, 2.24) is 10.6 Å². The minimum Gasteiger partial charge on any atom is -0.326 e. The first kappa shape index (κ1) is 16.5. The Labute approximate surface area is 129 Å². The molecule has 1 aliphatic heterocycles. The molecule has 0 fully saturated rings. The number of carbonyl (C=O) groups is 2. The molecule has 1 aliphatic rings. The van der Waals surface area contributed by atoms with Crippen LogP contribution in [0.5, 0.6) is 0 Å². The number of aryl methyl sites for hydroxylation is 1. The molecule has 0 unspecified atom stereocenters. The van der Waals surface area contributed by atoms with Gasteiger partial charge in [0.15, 0.2) is 0 Å². The number of allylic oxidation sites excluding steroid dienone is 1. The lowest BCUT2D eigenvalue weighted by Crippen LogP contribution is -2.64. The van der Waals surface area contributed by atoms with Gasteiger partial charge in [0.2, 0.25) is 0 Å². The number of alkyl halides is 3. The van der Waals surface area contributed by atoms with Gasteiger partial charge in [-0.15, -0.1) is 0 Å². The molecule has 2 rings (SSSR count). The summed E-state index contributed by atoms with van der Waals surface area (Å²) in [5, 5.41) is 12.7. The molecule has 8 heteroatoms. The summed E-state index contributed by atoms with van der Waals surface area (Å²) in [6.07, 6.45) is -5.17. The van der Waals surface area contributed by atoms with Gasteiger partial charge in [-0.3, -0.25) is 9.59 Å². The maximum absolute atomic E-state index is 13.6. The molecule has 1 atom stereocenters. The summed E-state index contributed by atoms with van der Waals surface area (Å²) >= 11 is 0. The molecule has 5 nitrogen and oxygen atoms in total. The molecule has 0 saturated carbocycles. The first-order valence-electron chi connectivity index (χ1n) is 6.52. The van der Waals surface area contributed by atoms with Gasteiger partial charge in [0, 0.05) is 11.3 Å². The largest absolute Gasteiger partial charge is 0.425 e. The molecule has 0 bridgehead atoms. The second-order valence-corrected chi connectivity index (χ2v) is 5.14. The maximum Gasteiger partial charge on any atom is 0.425 e. The zero-order valence-electron chi connectivity index (χ0n) is 12.2. The van der Waals surface area contributed by atoms with E-state index in [9.17, 15) is 22.8 Å². The molecule has 0 spiro atoms. The van der Waals surface area contributed by atoms with Crippen molar-refractivity contribution >= 4 is 11.8 Å². The molecule has 23 heavy (non-hydrogen) atoms. The fraction of sp³-hybridized carbons (Fsp3) is 0.267. The Morgan fingerprint density at radius 3 is 2.52 bits per heavy atom. The van der Waals surface area contributed by atoms with E-state index in [-0.39, 0.29) is 11.3 Å². The predicted molar refractivity (Wildman–Crippen MR) is 73.9 cm³/mol. The number of hydrogen-bond donors (Lipinski definition) is 2. The number of amides is 2. The molecule has 2 N–H and O–H groups in total. The highest BCUT2D eigenvalue weighted by Gasteiger charge is 2.67. The van der Waals surface area contributed by atoms with Crippen LogP contribution < -0.4 is 10.6 Å². The molecule has 1 heterocycles. The highest BCUT2D eigenvalue weighted by atomic mass is 19.4. The Bertz CT molecular complexity index is 762. The summed E-state index contributed by atoms with van der Waals surface area (Å²) in [6, 6.07) is 7.25. The number of nitriles is 1. The Balaban J connectivity index is 2.53. The van der Waals surface area contributed by atoms with Crippen LogP contribution in [0.2, 0.25) is 0 Å². The molecule has 1 aromatic rings. The number of benzene rings is 1. The Morgan fingerprint density at radius 1 is 1.35 bits per heavy atom. The molecule has 0 radical (unpaired) electrons. The number of hydrogen-bond acceptors (Lipinski definition) is 3. The first-order valence-corrected chi connectivity index (χ1v) is 6.52. The van der Waals surface area contributed by atoms with Gasteiger partial charge >= 0.3 is 6.18 Å². The third-order valence-electron chi connectivity index (χ3n) is 3.51. The lowest BCUT2D eigenvalue weighted by Gasteiger charge is -2.30. The van der Waals surface area contributed by atoms with Crippen LogP contribution in [0.25, 0.3) is 0 Å². The molecule has 0 aromatic heterocycles. The van der Waals surface area contributed by atoms with E-state index in [0.717, 1.165) is 0 Å². The molecule has 1 aromatic carbocycles. The number of carbonyl (C=O) groups excluding carboxylic acids is 2. The smallest absolute Gasteiger partial charge is 0.326 e. The van der Waals surface area contributed by atoms with Crippen LogP contribution in [0.15, 0.2) is 35.5 Å². The van der Waals surface area contributed by atoms with E-state index in [1.165, 1.54) is 31.2 Å². The number of halogens is 3. The van der Waals surface area contributed by atoms with Crippen molar-refractivity contribution in [2.24, 2.45) is 0 Å². The number of nitrogens with zero attached hydrogens (tertiary/aromatic N) is 1. The monoisotopic (exact) mass is 323 g/mol. The molecular weight excluding hydrogens is 311 g/mol. The van der Waals surface area contributed by atoms with Crippen LogP contribution in [-0.2, 0) is 4.79 Å². The van der Waals surface area contributed by atoms with Gasteiger partial charge in [-0.25, -0.2) is 0 Å². The van der Waals surface area contributed by atoms with Crippen LogP contribution in [0.3, 0.4) is 0 Å². The quantitative estimate of drug-likeness (QED) is 0.873. The SMILES string of the molecule is CC1=C(C#N)[C@](NC(=O)c2cccc(C)c2)(C(F)(F)F)C(=O)N1. The van der Waals surface area contributed by atoms with Crippen molar-refractivity contribution in [3.05, 3.63) is 46.7 Å². The second kappa shape index (κ2) is 5.43. The van der Waals surface area contributed by atoms with Crippen LogP contribution in [0.4, 0.5) is 13.2 Å². The Morgan fingerprint density at radius 2 is 2.00 bits per heavy atom. The summed E-state index contributed by atoms with van der Waals surface area (Å²) in [5.41, 5.74) is -3.85. The minimum atomic E-state index is -5.17. The summed E-state index contributed by atoms with van der Waals surface area (Å²) in [6.45, 7) is 2.84. The average molecular weight is 323 g/mol. The van der Waals surface area contributed by atoms with Crippen LogP contribution in [0, 0.1) is 18.3 Å². The molecule has 0 saturated heterocycles. The third-order valence-corrected chi connectivity index (χ3v) is 3.51. The lowest BCUT2D eigenvalue weighted by atomic mass is 9.89. The fourth-order valence-corrected chi connectivity index (χ4v) is 2.38. The summed E-state index contributed by atoms with van der Waals surface area (Å²) < 4.78 is 40.7. The summed E-state index contributed by atoms with van der Waals surface area (Å²) in [7, 11) is 0. The third kappa shape index (κ3) is 2.54. The molecular formula is C15H12F3N3O2. The highest BCUT2D eigenvalue weighted by Crippen LogP contribution is 2.40. The van der Waals surface area contributed by atoms with E-state index in [1.807, 2.05) is 5.32 Å². The van der Waals surface area contributed by atoms with Gasteiger partial charge in [0.05, 0.1) is 11.6 Å². The summed E-state index contributed by atoms with van der Waals surface area (Å²) in [4.78, 5) is 24.1. The maximum atomic E-state index is 13.6. The topological polar surface area (TPSA) is 82.0 Å².